The summed E-state index contributed by atoms with van der Waals surface area (Å²) >= 11 is 0. The van der Waals surface area contributed by atoms with E-state index in [4.69, 9.17) is 5.73 Å². The Kier molecular flexibility index (Phi) is 16.2. The van der Waals surface area contributed by atoms with Gasteiger partial charge in [0.1, 0.15) is 12.1 Å². The van der Waals surface area contributed by atoms with E-state index in [1.165, 1.54) is 13.8 Å². The number of carboxylic acid groups (broad SMARTS) is 3. The number of benzene rings is 1. The predicted octanol–water partition coefficient (Wildman–Crippen LogP) is 0.570. The summed E-state index contributed by atoms with van der Waals surface area (Å²) in [5.74, 6) is -9.92. The van der Waals surface area contributed by atoms with E-state index in [-0.39, 0.29) is 6.42 Å². The third kappa shape index (κ3) is 13.5. The highest BCUT2D eigenvalue weighted by atomic mass is 16.4. The van der Waals surface area contributed by atoms with Gasteiger partial charge in [0, 0.05) is 19.8 Å². The predicted molar refractivity (Wildman–Crippen MR) is 163 cm³/mol. The minimum atomic E-state index is -2.69. The number of carbonyl (C=O) groups excluding carboxylic acids is 5. The second-order valence-corrected chi connectivity index (χ2v) is 11.4. The van der Waals surface area contributed by atoms with Crippen LogP contribution in [0.2, 0.25) is 0 Å². The van der Waals surface area contributed by atoms with E-state index in [9.17, 15) is 53.7 Å². The monoisotopic (exact) mass is 648 g/mol. The van der Waals surface area contributed by atoms with Gasteiger partial charge < -0.3 is 37.0 Å². The van der Waals surface area contributed by atoms with Crippen molar-refractivity contribution in [1.82, 2.24) is 16.0 Å². The number of carbonyl (C=O) groups is 8. The van der Waals surface area contributed by atoms with Crippen LogP contribution in [0.15, 0.2) is 30.3 Å². The van der Waals surface area contributed by atoms with Crippen molar-refractivity contribution in [1.29, 1.82) is 0 Å². The lowest BCUT2D eigenvalue weighted by atomic mass is 9.83. The number of nitrogens with two attached hydrogens (primary N) is 1. The van der Waals surface area contributed by atoms with Crippen LogP contribution < -0.4 is 21.7 Å². The summed E-state index contributed by atoms with van der Waals surface area (Å²) in [6.07, 6.45) is -0.553. The summed E-state index contributed by atoms with van der Waals surface area (Å²) in [6, 6.07) is 5.05. The quantitative estimate of drug-likeness (QED) is 0.0672. The maximum atomic E-state index is 13.5. The molecule has 0 spiro atoms. The fourth-order valence-corrected chi connectivity index (χ4v) is 4.70. The summed E-state index contributed by atoms with van der Waals surface area (Å²) in [5.41, 5.74) is 4.59. The van der Waals surface area contributed by atoms with Gasteiger partial charge in [-0.3, -0.25) is 38.4 Å². The van der Waals surface area contributed by atoms with Crippen LogP contribution in [0.5, 0.6) is 0 Å². The van der Waals surface area contributed by atoms with Crippen molar-refractivity contribution < 1.29 is 53.7 Å². The number of hydrogen-bond acceptors (Lipinski definition) is 9. The Morgan fingerprint density at radius 3 is 1.87 bits per heavy atom. The third-order valence-electron chi connectivity index (χ3n) is 7.20. The number of nitrogens with one attached hydrogen (secondary N) is 3. The van der Waals surface area contributed by atoms with Gasteiger partial charge in [-0.2, -0.15) is 0 Å². The van der Waals surface area contributed by atoms with E-state index in [1.807, 2.05) is 30.3 Å². The molecule has 1 aromatic carbocycles. The molecule has 46 heavy (non-hydrogen) atoms. The van der Waals surface area contributed by atoms with E-state index >= 15 is 0 Å². The Bertz CT molecular complexity index is 1250. The van der Waals surface area contributed by atoms with Gasteiger partial charge in [0.25, 0.3) is 0 Å². The molecule has 0 saturated heterocycles. The number of hydrogen-bond donors (Lipinski definition) is 7. The lowest BCUT2D eigenvalue weighted by Gasteiger charge is -2.33. The van der Waals surface area contributed by atoms with Gasteiger partial charge in [0.2, 0.25) is 17.7 Å². The highest BCUT2D eigenvalue weighted by Gasteiger charge is 2.47. The zero-order valence-corrected chi connectivity index (χ0v) is 26.2. The first kappa shape index (κ1) is 39.4. The summed E-state index contributed by atoms with van der Waals surface area (Å²) in [6.45, 7) is 4.01. The maximum Gasteiger partial charge on any atom is 0.305 e. The summed E-state index contributed by atoms with van der Waals surface area (Å²) in [4.78, 5) is 98.9. The van der Waals surface area contributed by atoms with E-state index in [2.05, 4.69) is 16.0 Å². The number of aryl methyl sites for hydroxylation is 1. The Morgan fingerprint density at radius 2 is 1.35 bits per heavy atom. The van der Waals surface area contributed by atoms with Gasteiger partial charge in [-0.05, 0) is 37.2 Å². The minimum Gasteiger partial charge on any atom is -0.481 e. The molecule has 8 N–H and O–H groups in total. The number of Topliss-reactive ketones (excluding diaryl/α,β-unsaturated/α-hetero) is 2. The molecule has 1 rings (SSSR count). The molecule has 0 aromatic heterocycles. The second-order valence-electron chi connectivity index (χ2n) is 11.4. The number of ketones is 2. The Balaban J connectivity index is 3.10. The molecule has 254 valence electrons. The number of unbranched alkanes of at least 4 members (excludes halogenated alkanes) is 2. The molecule has 0 saturated carbocycles. The fourth-order valence-electron chi connectivity index (χ4n) is 4.70. The van der Waals surface area contributed by atoms with E-state index in [0.29, 0.717) is 12.8 Å². The largest absolute Gasteiger partial charge is 0.481 e. The average Bonchev–Trinajstić information content (AvgIpc) is 2.96. The molecule has 0 heterocycles. The molecular weight excluding hydrogens is 604 g/mol. The summed E-state index contributed by atoms with van der Waals surface area (Å²) in [5, 5.41) is 34.5. The lowest BCUT2D eigenvalue weighted by molar-refractivity contribution is -0.146. The van der Waals surface area contributed by atoms with Gasteiger partial charge >= 0.3 is 17.9 Å². The molecule has 1 unspecified atom stereocenters. The highest BCUT2D eigenvalue weighted by Crippen LogP contribution is 2.18. The van der Waals surface area contributed by atoms with Crippen LogP contribution in [0.4, 0.5) is 0 Å². The van der Waals surface area contributed by atoms with E-state index in [0.717, 1.165) is 25.3 Å². The smallest absolute Gasteiger partial charge is 0.305 e. The van der Waals surface area contributed by atoms with E-state index < -0.39 is 102 Å². The minimum absolute atomic E-state index is 0.00453. The van der Waals surface area contributed by atoms with Crippen LogP contribution in [0.3, 0.4) is 0 Å². The first-order valence-electron chi connectivity index (χ1n) is 14.9. The molecular formula is C31H44N4O11. The molecule has 15 nitrogen and oxygen atoms in total. The van der Waals surface area contributed by atoms with Gasteiger partial charge in [0.15, 0.2) is 17.1 Å². The first-order valence-corrected chi connectivity index (χ1v) is 14.9. The normalized spacial score (nSPS) is 14.2. The molecule has 0 bridgehead atoms. The van der Waals surface area contributed by atoms with Crippen LogP contribution in [-0.2, 0) is 44.8 Å². The van der Waals surface area contributed by atoms with E-state index in [1.54, 1.807) is 0 Å². The van der Waals surface area contributed by atoms with Crippen molar-refractivity contribution in [3.63, 3.8) is 0 Å². The van der Waals surface area contributed by atoms with Gasteiger partial charge in [-0.1, -0.05) is 50.6 Å². The van der Waals surface area contributed by atoms with Crippen molar-refractivity contribution in [2.75, 3.05) is 0 Å². The number of carboxylic acids is 3. The third-order valence-corrected chi connectivity index (χ3v) is 7.20. The summed E-state index contributed by atoms with van der Waals surface area (Å²) in [7, 11) is 0. The zero-order valence-electron chi connectivity index (χ0n) is 26.2. The van der Waals surface area contributed by atoms with Crippen LogP contribution in [-0.4, -0.2) is 86.2 Å². The second kappa shape index (κ2) is 19.0. The Hall–Kier alpha value is -4.66. The van der Waals surface area contributed by atoms with Gasteiger partial charge in [-0.25, -0.2) is 0 Å². The number of amides is 3. The molecule has 0 fully saturated rings. The molecule has 0 aliphatic heterocycles. The van der Waals surface area contributed by atoms with Crippen LogP contribution in [0, 0.1) is 5.92 Å². The van der Waals surface area contributed by atoms with Gasteiger partial charge in [-0.15, -0.1) is 0 Å². The van der Waals surface area contributed by atoms with Crippen LogP contribution >= 0.6 is 0 Å². The maximum absolute atomic E-state index is 13.5. The van der Waals surface area contributed by atoms with Crippen molar-refractivity contribution in [3.8, 4) is 0 Å². The summed E-state index contributed by atoms with van der Waals surface area (Å²) < 4.78 is 0. The highest BCUT2D eigenvalue weighted by molar-refractivity contribution is 6.14. The standard InChI is InChI=1S/C31H44N4O11/c1-18(2)27(35-30(46)31(32,15-14-24(38)39)28(44)22(17-26(42)43)33-19(3)36)29(45)34-21(16-25(40)41)23(37)13-9-5-8-12-20-10-6-4-7-11-20/h4,6-7,10-11,18,21-22,27H,5,8-9,12-17,32H2,1-3H3,(H,33,36)(H,34,45)(H,35,46)(H,38,39)(H,40,41)(H,42,43)/t21-,22-,27-,31?/m0/s1. The topological polar surface area (TPSA) is 259 Å². The van der Waals surface area contributed by atoms with Crippen LogP contribution in [0.1, 0.15) is 77.7 Å². The van der Waals surface area contributed by atoms with Gasteiger partial charge in [0.05, 0.1) is 18.9 Å². The number of aliphatic carboxylic acids is 3. The average molecular weight is 649 g/mol. The number of rotatable bonds is 22. The zero-order chi connectivity index (χ0) is 35.0. The van der Waals surface area contributed by atoms with Crippen molar-refractivity contribution in [2.45, 2.75) is 102 Å². The Morgan fingerprint density at radius 1 is 0.761 bits per heavy atom. The van der Waals surface area contributed by atoms with Crippen molar-refractivity contribution in [3.05, 3.63) is 35.9 Å². The van der Waals surface area contributed by atoms with Crippen molar-refractivity contribution >= 4 is 47.2 Å². The Labute approximate surface area is 266 Å². The molecule has 0 aliphatic carbocycles. The first-order chi connectivity index (χ1) is 21.5. The molecule has 0 radical (unpaired) electrons. The van der Waals surface area contributed by atoms with Crippen molar-refractivity contribution in [2.24, 2.45) is 11.7 Å². The molecule has 15 heteroatoms. The fraction of sp³-hybridized carbons (Fsp3) is 0.548. The molecule has 0 aliphatic rings. The molecule has 1 aromatic rings. The van der Waals surface area contributed by atoms with Crippen LogP contribution in [0.25, 0.3) is 0 Å². The lowest BCUT2D eigenvalue weighted by Crippen LogP contribution is -2.67. The molecule has 3 amide bonds. The molecule has 4 atom stereocenters. The SMILES string of the molecule is CC(=O)N[C@@H](CC(=O)O)C(=O)C(N)(CCC(=O)O)C(=O)N[C@H](C(=O)N[C@@H](CC(=O)O)C(=O)CCCCCc1ccccc1)C(C)C.